The van der Waals surface area contributed by atoms with Gasteiger partial charge in [-0.05, 0) is 30.2 Å². The van der Waals surface area contributed by atoms with E-state index in [4.69, 9.17) is 0 Å². The summed E-state index contributed by atoms with van der Waals surface area (Å²) >= 11 is 1.66. The van der Waals surface area contributed by atoms with E-state index in [1.807, 2.05) is 12.1 Å². The third-order valence-corrected chi connectivity index (χ3v) is 3.96. The molecule has 0 fully saturated rings. The van der Waals surface area contributed by atoms with E-state index in [1.165, 1.54) is 5.56 Å². The second-order valence-corrected chi connectivity index (χ2v) is 5.36. The molecule has 2 aromatic carbocycles. The van der Waals surface area contributed by atoms with Crippen LogP contribution in [0.15, 0.2) is 48.5 Å². The normalized spacial score (nSPS) is 10.9. The standard InChI is InChI=1S/C15H13NOS/c17-12-7-8-13-14(10-12)18-15(16-13)9-6-11-4-2-1-3-5-11/h1-5,7-8,10,17H,6,9H2. The summed E-state index contributed by atoms with van der Waals surface area (Å²) < 4.78 is 1.05. The van der Waals surface area contributed by atoms with Gasteiger partial charge in [-0.3, -0.25) is 0 Å². The van der Waals surface area contributed by atoms with Crippen molar-refractivity contribution in [2.24, 2.45) is 0 Å². The number of aromatic hydroxyl groups is 1. The minimum Gasteiger partial charge on any atom is -0.508 e. The molecule has 0 aliphatic heterocycles. The maximum Gasteiger partial charge on any atom is 0.117 e. The van der Waals surface area contributed by atoms with Gasteiger partial charge in [-0.25, -0.2) is 4.98 Å². The van der Waals surface area contributed by atoms with E-state index in [-0.39, 0.29) is 0 Å². The molecule has 0 spiro atoms. The minimum atomic E-state index is 0.306. The SMILES string of the molecule is Oc1ccc2nc(CCc3ccccc3)sc2c1. The van der Waals surface area contributed by atoms with Crippen molar-refractivity contribution in [1.29, 1.82) is 0 Å². The van der Waals surface area contributed by atoms with Gasteiger partial charge >= 0.3 is 0 Å². The third kappa shape index (κ3) is 2.36. The molecule has 0 unspecified atom stereocenters. The van der Waals surface area contributed by atoms with Gasteiger partial charge in [0.15, 0.2) is 0 Å². The summed E-state index contributed by atoms with van der Waals surface area (Å²) in [5.74, 6) is 0.306. The Morgan fingerprint density at radius 3 is 2.67 bits per heavy atom. The fourth-order valence-corrected chi connectivity index (χ4v) is 2.96. The van der Waals surface area contributed by atoms with Crippen LogP contribution in [-0.4, -0.2) is 10.1 Å². The van der Waals surface area contributed by atoms with Crippen LogP contribution in [0.3, 0.4) is 0 Å². The molecule has 0 aliphatic carbocycles. The lowest BCUT2D eigenvalue weighted by atomic mass is 10.1. The molecule has 1 heterocycles. The highest BCUT2D eigenvalue weighted by Crippen LogP contribution is 2.26. The van der Waals surface area contributed by atoms with Crippen LogP contribution in [0.4, 0.5) is 0 Å². The number of rotatable bonds is 3. The molecule has 0 saturated carbocycles. The largest absolute Gasteiger partial charge is 0.508 e. The number of aryl methyl sites for hydroxylation is 2. The van der Waals surface area contributed by atoms with E-state index in [2.05, 4.69) is 29.2 Å². The Labute approximate surface area is 110 Å². The summed E-state index contributed by atoms with van der Waals surface area (Å²) in [5.41, 5.74) is 2.31. The second-order valence-electron chi connectivity index (χ2n) is 4.25. The summed E-state index contributed by atoms with van der Waals surface area (Å²) in [6.45, 7) is 0. The van der Waals surface area contributed by atoms with Gasteiger partial charge in [-0.15, -0.1) is 11.3 Å². The highest BCUT2D eigenvalue weighted by molar-refractivity contribution is 7.18. The van der Waals surface area contributed by atoms with Crippen molar-refractivity contribution in [1.82, 2.24) is 4.98 Å². The van der Waals surface area contributed by atoms with Crippen LogP contribution in [-0.2, 0) is 12.8 Å². The number of phenolic OH excluding ortho intramolecular Hbond substituents is 1. The quantitative estimate of drug-likeness (QED) is 0.772. The molecule has 0 atom stereocenters. The van der Waals surface area contributed by atoms with Crippen molar-refractivity contribution in [3.63, 3.8) is 0 Å². The summed E-state index contributed by atoms with van der Waals surface area (Å²) in [6, 6.07) is 15.8. The highest BCUT2D eigenvalue weighted by Gasteiger charge is 2.04. The smallest absolute Gasteiger partial charge is 0.117 e. The Morgan fingerprint density at radius 2 is 1.83 bits per heavy atom. The van der Waals surface area contributed by atoms with Gasteiger partial charge in [0.25, 0.3) is 0 Å². The molecule has 18 heavy (non-hydrogen) atoms. The zero-order valence-electron chi connectivity index (χ0n) is 9.84. The van der Waals surface area contributed by atoms with Crippen LogP contribution in [0.2, 0.25) is 0 Å². The molecule has 0 aliphatic rings. The van der Waals surface area contributed by atoms with Crippen LogP contribution in [0, 0.1) is 0 Å². The van der Waals surface area contributed by atoms with Gasteiger partial charge in [0.2, 0.25) is 0 Å². The van der Waals surface area contributed by atoms with Crippen LogP contribution < -0.4 is 0 Å². The summed E-state index contributed by atoms with van der Waals surface area (Å²) in [5, 5.41) is 10.6. The number of hydrogen-bond donors (Lipinski definition) is 1. The molecular weight excluding hydrogens is 242 g/mol. The van der Waals surface area contributed by atoms with Crippen molar-refractivity contribution in [3.05, 3.63) is 59.1 Å². The van der Waals surface area contributed by atoms with E-state index in [0.29, 0.717) is 5.75 Å². The van der Waals surface area contributed by atoms with Gasteiger partial charge < -0.3 is 5.11 Å². The first-order chi connectivity index (χ1) is 8.81. The number of aromatic nitrogens is 1. The van der Waals surface area contributed by atoms with Crippen molar-refractivity contribution in [3.8, 4) is 5.75 Å². The van der Waals surface area contributed by atoms with Crippen molar-refractivity contribution in [2.75, 3.05) is 0 Å². The molecule has 0 amide bonds. The molecule has 2 nitrogen and oxygen atoms in total. The molecule has 3 aromatic rings. The fourth-order valence-electron chi connectivity index (χ4n) is 1.96. The minimum absolute atomic E-state index is 0.306. The second kappa shape index (κ2) is 4.78. The lowest BCUT2D eigenvalue weighted by Crippen LogP contribution is -1.89. The lowest BCUT2D eigenvalue weighted by Gasteiger charge is -1.97. The average Bonchev–Trinajstić information content (AvgIpc) is 2.79. The zero-order chi connectivity index (χ0) is 12.4. The topological polar surface area (TPSA) is 33.1 Å². The first kappa shape index (κ1) is 11.2. The predicted octanol–water partition coefficient (Wildman–Crippen LogP) is 3.79. The van der Waals surface area contributed by atoms with Crippen molar-refractivity contribution < 1.29 is 5.11 Å². The van der Waals surface area contributed by atoms with Crippen LogP contribution >= 0.6 is 11.3 Å². The third-order valence-electron chi connectivity index (χ3n) is 2.89. The van der Waals surface area contributed by atoms with Crippen LogP contribution in [0.5, 0.6) is 5.75 Å². The van der Waals surface area contributed by atoms with E-state index >= 15 is 0 Å². The summed E-state index contributed by atoms with van der Waals surface area (Å²) in [6.07, 6.45) is 1.96. The van der Waals surface area contributed by atoms with E-state index in [0.717, 1.165) is 28.1 Å². The van der Waals surface area contributed by atoms with Gasteiger partial charge in [0.05, 0.1) is 15.2 Å². The van der Waals surface area contributed by atoms with Gasteiger partial charge in [0, 0.05) is 6.42 Å². The maximum absolute atomic E-state index is 9.43. The molecule has 1 N–H and O–H groups in total. The Hall–Kier alpha value is -1.87. The molecule has 0 radical (unpaired) electrons. The zero-order valence-corrected chi connectivity index (χ0v) is 10.7. The number of nitrogens with zero attached hydrogens (tertiary/aromatic N) is 1. The first-order valence-electron chi connectivity index (χ1n) is 5.93. The Kier molecular flexibility index (Phi) is 2.99. The molecule has 0 saturated heterocycles. The molecule has 3 heteroatoms. The number of fused-ring (bicyclic) bond motifs is 1. The lowest BCUT2D eigenvalue weighted by molar-refractivity contribution is 0.476. The number of phenols is 1. The van der Waals surface area contributed by atoms with E-state index < -0.39 is 0 Å². The van der Waals surface area contributed by atoms with Gasteiger partial charge in [0.1, 0.15) is 5.75 Å². The van der Waals surface area contributed by atoms with Crippen LogP contribution in [0.25, 0.3) is 10.2 Å². The molecule has 0 bridgehead atoms. The maximum atomic E-state index is 9.43. The molecule has 3 rings (SSSR count). The van der Waals surface area contributed by atoms with Crippen LogP contribution in [0.1, 0.15) is 10.6 Å². The predicted molar refractivity (Wildman–Crippen MR) is 75.1 cm³/mol. The Morgan fingerprint density at radius 1 is 1.00 bits per heavy atom. The Balaban J connectivity index is 1.79. The van der Waals surface area contributed by atoms with Gasteiger partial charge in [-0.1, -0.05) is 30.3 Å². The number of benzene rings is 2. The monoisotopic (exact) mass is 255 g/mol. The van der Waals surface area contributed by atoms with E-state index in [1.54, 1.807) is 23.5 Å². The van der Waals surface area contributed by atoms with Gasteiger partial charge in [-0.2, -0.15) is 0 Å². The summed E-state index contributed by atoms with van der Waals surface area (Å²) in [4.78, 5) is 4.58. The average molecular weight is 255 g/mol. The Bertz CT molecular complexity index is 661. The number of hydrogen-bond acceptors (Lipinski definition) is 3. The first-order valence-corrected chi connectivity index (χ1v) is 6.75. The highest BCUT2D eigenvalue weighted by atomic mass is 32.1. The van der Waals surface area contributed by atoms with Crippen molar-refractivity contribution in [2.45, 2.75) is 12.8 Å². The molecule has 90 valence electrons. The van der Waals surface area contributed by atoms with E-state index in [9.17, 15) is 5.11 Å². The van der Waals surface area contributed by atoms with Crippen molar-refractivity contribution >= 4 is 21.6 Å². The molecular formula is C15H13NOS. The number of thiazole rings is 1. The fraction of sp³-hybridized carbons (Fsp3) is 0.133. The summed E-state index contributed by atoms with van der Waals surface area (Å²) in [7, 11) is 0. The molecule has 1 aromatic heterocycles.